The molecule has 0 aromatic rings. The van der Waals surface area contributed by atoms with E-state index in [1.165, 1.54) is 13.2 Å². The number of carbonyl (C=O) groups excluding carboxylic acids is 4. The van der Waals surface area contributed by atoms with Crippen LogP contribution in [0.4, 0.5) is 0 Å². The van der Waals surface area contributed by atoms with Gasteiger partial charge in [0.25, 0.3) is 0 Å². The zero-order valence-electron chi connectivity index (χ0n) is 14.6. The van der Waals surface area contributed by atoms with Gasteiger partial charge in [0, 0.05) is 0 Å². The number of rotatable bonds is 11. The van der Waals surface area contributed by atoms with Crippen LogP contribution >= 0.6 is 0 Å². The van der Waals surface area contributed by atoms with Crippen LogP contribution in [0.1, 0.15) is 27.2 Å². The van der Waals surface area contributed by atoms with Gasteiger partial charge in [-0.25, -0.2) is 0 Å². The van der Waals surface area contributed by atoms with E-state index in [0.717, 1.165) is 0 Å². The maximum absolute atomic E-state index is 12.1. The lowest BCUT2D eigenvalue weighted by Gasteiger charge is -2.23. The van der Waals surface area contributed by atoms with Crippen molar-refractivity contribution in [1.82, 2.24) is 16.0 Å². The Morgan fingerprint density at radius 2 is 1.72 bits per heavy atom. The van der Waals surface area contributed by atoms with Gasteiger partial charge in [-0.2, -0.15) is 0 Å². The first-order chi connectivity index (χ1) is 11.6. The van der Waals surface area contributed by atoms with Crippen LogP contribution < -0.4 is 21.7 Å². The van der Waals surface area contributed by atoms with Crippen molar-refractivity contribution in [3.8, 4) is 0 Å². The smallest absolute Gasteiger partial charge is 0.245 e. The highest BCUT2D eigenvalue weighted by Gasteiger charge is 2.28. The molecule has 25 heavy (non-hydrogen) atoms. The van der Waals surface area contributed by atoms with Crippen LogP contribution in [0, 0.1) is 5.92 Å². The molecule has 0 heterocycles. The van der Waals surface area contributed by atoms with Crippen molar-refractivity contribution in [2.24, 2.45) is 11.7 Å². The van der Waals surface area contributed by atoms with Crippen LogP contribution in [0.15, 0.2) is 0 Å². The Kier molecular flexibility index (Phi) is 10.6. The monoisotopic (exact) mass is 359 g/mol. The second kappa shape index (κ2) is 11.5. The molecular formula is C15H27N4O6. The lowest BCUT2D eigenvalue weighted by atomic mass is 10.0. The molecule has 0 rings (SSSR count). The summed E-state index contributed by atoms with van der Waals surface area (Å²) in [4.78, 5) is 46.0. The fourth-order valence-corrected chi connectivity index (χ4v) is 1.92. The fourth-order valence-electron chi connectivity index (χ4n) is 1.92. The second-order valence-corrected chi connectivity index (χ2v) is 6.10. The van der Waals surface area contributed by atoms with Crippen molar-refractivity contribution in [2.75, 3.05) is 13.2 Å². The molecule has 0 bridgehead atoms. The summed E-state index contributed by atoms with van der Waals surface area (Å²) in [5.41, 5.74) is 5.72. The standard InChI is InChI=1S/C15H27N4O6/c1-8(2)4-11(16)14(24)19-13(9(3)22)15(25)17-5-12(23)18-10(6-20)7-21/h8-11,13,20,22H,4-6,16H2,1-3H3,(H,17,25)(H,18,23)(H,19,24)/t9-,10-,11-,13-/m0/s1. The summed E-state index contributed by atoms with van der Waals surface area (Å²) in [5.74, 6) is -1.93. The average molecular weight is 359 g/mol. The zero-order chi connectivity index (χ0) is 19.6. The van der Waals surface area contributed by atoms with E-state index in [9.17, 15) is 24.3 Å². The highest BCUT2D eigenvalue weighted by Crippen LogP contribution is 2.03. The quantitative estimate of drug-likeness (QED) is 0.227. The van der Waals surface area contributed by atoms with Gasteiger partial charge >= 0.3 is 0 Å². The van der Waals surface area contributed by atoms with E-state index < -0.39 is 55.1 Å². The van der Waals surface area contributed by atoms with Gasteiger partial charge in [-0.1, -0.05) is 13.8 Å². The Hall–Kier alpha value is -2.04. The highest BCUT2D eigenvalue weighted by atomic mass is 16.3. The van der Waals surface area contributed by atoms with Gasteiger partial charge in [-0.15, -0.1) is 0 Å². The molecule has 7 N–H and O–H groups in total. The second-order valence-electron chi connectivity index (χ2n) is 6.10. The fraction of sp³-hybridized carbons (Fsp3) is 0.733. The van der Waals surface area contributed by atoms with E-state index in [2.05, 4.69) is 16.0 Å². The number of carbonyl (C=O) groups is 3. The largest absolute Gasteiger partial charge is 0.394 e. The lowest BCUT2D eigenvalue weighted by Crippen LogP contribution is -2.57. The van der Waals surface area contributed by atoms with Crippen LogP contribution in [-0.4, -0.2) is 71.6 Å². The number of nitrogens with two attached hydrogens (primary N) is 1. The van der Waals surface area contributed by atoms with Crippen molar-refractivity contribution < 1.29 is 29.4 Å². The summed E-state index contributed by atoms with van der Waals surface area (Å²) in [6.07, 6.45) is 0.604. The molecule has 0 aliphatic heterocycles. The van der Waals surface area contributed by atoms with Crippen molar-refractivity contribution in [3.63, 3.8) is 0 Å². The Labute approximate surface area is 146 Å². The maximum Gasteiger partial charge on any atom is 0.245 e. The number of hydrogen-bond donors (Lipinski definition) is 6. The zero-order valence-corrected chi connectivity index (χ0v) is 14.6. The maximum atomic E-state index is 12.1. The first kappa shape index (κ1) is 23.0. The minimum absolute atomic E-state index is 0.178. The molecule has 10 nitrogen and oxygen atoms in total. The van der Waals surface area contributed by atoms with E-state index >= 15 is 0 Å². The Bertz CT molecular complexity index is 469. The van der Waals surface area contributed by atoms with Gasteiger partial charge in [0.15, 0.2) is 0 Å². The summed E-state index contributed by atoms with van der Waals surface area (Å²) in [6, 6.07) is -3.30. The van der Waals surface area contributed by atoms with E-state index in [-0.39, 0.29) is 5.92 Å². The van der Waals surface area contributed by atoms with Crippen LogP contribution in [0.5, 0.6) is 0 Å². The third-order valence-electron chi connectivity index (χ3n) is 3.21. The highest BCUT2D eigenvalue weighted by molar-refractivity contribution is 5.92. The predicted octanol–water partition coefficient (Wildman–Crippen LogP) is -3.07. The van der Waals surface area contributed by atoms with Gasteiger partial charge in [-0.3, -0.25) is 19.2 Å². The minimum Gasteiger partial charge on any atom is -0.394 e. The third-order valence-corrected chi connectivity index (χ3v) is 3.21. The number of hydrogen-bond acceptors (Lipinski definition) is 7. The number of aliphatic hydroxyl groups excluding tert-OH is 2. The lowest BCUT2D eigenvalue weighted by molar-refractivity contribution is -0.133. The Morgan fingerprint density at radius 3 is 2.16 bits per heavy atom. The van der Waals surface area contributed by atoms with Crippen LogP contribution in [-0.2, 0) is 19.2 Å². The van der Waals surface area contributed by atoms with Crippen LogP contribution in [0.3, 0.4) is 0 Å². The molecule has 0 unspecified atom stereocenters. The minimum atomic E-state index is -1.29. The first-order valence-electron chi connectivity index (χ1n) is 7.91. The average Bonchev–Trinajstić information content (AvgIpc) is 2.53. The number of amides is 3. The van der Waals surface area contributed by atoms with Crippen molar-refractivity contribution in [1.29, 1.82) is 0 Å². The van der Waals surface area contributed by atoms with Gasteiger partial charge in [0.05, 0.1) is 25.3 Å². The molecule has 0 aliphatic rings. The van der Waals surface area contributed by atoms with Gasteiger partial charge in [-0.05, 0) is 19.3 Å². The molecule has 1 radical (unpaired) electrons. The van der Waals surface area contributed by atoms with Crippen molar-refractivity contribution in [2.45, 2.75) is 51.4 Å². The summed E-state index contributed by atoms with van der Waals surface area (Å²) in [7, 11) is 0. The number of aliphatic hydroxyl groups is 2. The number of nitrogens with one attached hydrogen (secondary N) is 3. The molecule has 0 aliphatic carbocycles. The van der Waals surface area contributed by atoms with E-state index in [0.29, 0.717) is 6.42 Å². The first-order valence-corrected chi connectivity index (χ1v) is 7.91. The van der Waals surface area contributed by atoms with E-state index in [4.69, 9.17) is 10.8 Å². The molecule has 10 heteroatoms. The molecular weight excluding hydrogens is 332 g/mol. The summed E-state index contributed by atoms with van der Waals surface area (Å²) >= 11 is 0. The van der Waals surface area contributed by atoms with Gasteiger partial charge in [0.2, 0.25) is 24.0 Å². The molecule has 0 aromatic heterocycles. The molecule has 143 valence electrons. The Balaban J connectivity index is 4.62. The molecule has 0 fully saturated rings. The molecule has 0 saturated carbocycles. The molecule has 0 aromatic carbocycles. The van der Waals surface area contributed by atoms with Crippen molar-refractivity contribution >= 4 is 24.0 Å². The van der Waals surface area contributed by atoms with E-state index in [1.54, 1.807) is 0 Å². The summed E-state index contributed by atoms with van der Waals surface area (Å²) in [6.45, 7) is 3.96. The van der Waals surface area contributed by atoms with E-state index in [1.807, 2.05) is 13.8 Å². The normalized spacial score (nSPS) is 15.6. The Morgan fingerprint density at radius 1 is 1.12 bits per heavy atom. The van der Waals surface area contributed by atoms with Crippen LogP contribution in [0.25, 0.3) is 0 Å². The van der Waals surface area contributed by atoms with Crippen molar-refractivity contribution in [3.05, 3.63) is 0 Å². The summed E-state index contributed by atoms with van der Waals surface area (Å²) < 4.78 is 0. The topological polar surface area (TPSA) is 171 Å². The van der Waals surface area contributed by atoms with Crippen LogP contribution in [0.2, 0.25) is 0 Å². The van der Waals surface area contributed by atoms with Gasteiger partial charge < -0.3 is 31.9 Å². The molecule has 4 atom stereocenters. The van der Waals surface area contributed by atoms with Gasteiger partial charge in [0.1, 0.15) is 12.1 Å². The molecule has 0 spiro atoms. The predicted molar refractivity (Wildman–Crippen MR) is 88.8 cm³/mol. The summed E-state index contributed by atoms with van der Waals surface area (Å²) in [5, 5.41) is 25.1. The molecule has 0 saturated heterocycles. The SMILES string of the molecule is CC(C)C[C@H](N)C(=O)N[C@H](C(=O)NCC(=O)N[C@H]([C]=O)CO)[C@H](C)O. The third kappa shape index (κ3) is 9.13. The molecule has 3 amide bonds.